The van der Waals surface area contributed by atoms with Crippen LogP contribution in [-0.2, 0) is 4.79 Å². The van der Waals surface area contributed by atoms with Crippen LogP contribution in [0.4, 0.5) is 11.4 Å². The number of nitrogen functional groups attached to an aromatic ring is 1. The Kier molecular flexibility index (Phi) is 3.22. The van der Waals surface area contributed by atoms with Gasteiger partial charge in [0, 0.05) is 26.1 Å². The van der Waals surface area contributed by atoms with Crippen LogP contribution in [0, 0.1) is 6.92 Å². The Balaban J connectivity index is 2.06. The topological polar surface area (TPSA) is 58.4 Å². The maximum Gasteiger partial charge on any atom is 0.222 e. The molecule has 1 atom stereocenters. The van der Waals surface area contributed by atoms with Crippen molar-refractivity contribution in [2.24, 2.45) is 0 Å². The van der Waals surface area contributed by atoms with Crippen LogP contribution >= 0.6 is 0 Å². The number of anilines is 2. The van der Waals surface area contributed by atoms with Crippen molar-refractivity contribution in [2.75, 3.05) is 24.6 Å². The van der Waals surface area contributed by atoms with Crippen LogP contribution in [0.2, 0.25) is 0 Å². The van der Waals surface area contributed by atoms with Gasteiger partial charge < -0.3 is 16.0 Å². The van der Waals surface area contributed by atoms with Gasteiger partial charge >= 0.3 is 0 Å². The van der Waals surface area contributed by atoms with Gasteiger partial charge in [-0.2, -0.15) is 0 Å². The summed E-state index contributed by atoms with van der Waals surface area (Å²) in [5, 5.41) is 3.42. The molecule has 2 rings (SSSR count). The van der Waals surface area contributed by atoms with E-state index < -0.39 is 0 Å². The first kappa shape index (κ1) is 11.8. The van der Waals surface area contributed by atoms with Gasteiger partial charge in [0.15, 0.2) is 0 Å². The summed E-state index contributed by atoms with van der Waals surface area (Å²) in [6.07, 6.45) is 1.48. The number of likely N-dealkylation sites (N-methyl/N-ethyl adjacent to an activating group) is 1. The summed E-state index contributed by atoms with van der Waals surface area (Å²) < 4.78 is 0. The van der Waals surface area contributed by atoms with Crippen LogP contribution in [-0.4, -0.2) is 30.4 Å². The molecule has 1 heterocycles. The number of hydrogen-bond donors (Lipinski definition) is 2. The van der Waals surface area contributed by atoms with Gasteiger partial charge in [0.2, 0.25) is 5.91 Å². The monoisotopic (exact) mass is 233 g/mol. The zero-order chi connectivity index (χ0) is 12.4. The molecule has 92 valence electrons. The number of hydrogen-bond acceptors (Lipinski definition) is 3. The van der Waals surface area contributed by atoms with Crippen molar-refractivity contribution in [1.82, 2.24) is 4.90 Å². The summed E-state index contributed by atoms with van der Waals surface area (Å²) in [6, 6.07) is 6.25. The summed E-state index contributed by atoms with van der Waals surface area (Å²) >= 11 is 0. The molecule has 3 N–H and O–H groups in total. The van der Waals surface area contributed by atoms with E-state index in [1.807, 2.05) is 32.2 Å². The second-order valence-corrected chi connectivity index (χ2v) is 4.74. The summed E-state index contributed by atoms with van der Waals surface area (Å²) in [4.78, 5) is 13.2. The minimum Gasteiger partial charge on any atom is -0.397 e. The van der Waals surface area contributed by atoms with Gasteiger partial charge in [-0.05, 0) is 31.0 Å². The van der Waals surface area contributed by atoms with E-state index in [1.165, 1.54) is 5.56 Å². The number of amides is 1. The Hall–Kier alpha value is -1.71. The van der Waals surface area contributed by atoms with E-state index in [1.54, 1.807) is 4.90 Å². The van der Waals surface area contributed by atoms with E-state index in [0.29, 0.717) is 12.5 Å². The second kappa shape index (κ2) is 4.65. The van der Waals surface area contributed by atoms with Crippen LogP contribution in [0.25, 0.3) is 0 Å². The first-order chi connectivity index (χ1) is 8.06. The largest absolute Gasteiger partial charge is 0.397 e. The number of nitrogens with two attached hydrogens (primary N) is 1. The molecule has 1 aromatic carbocycles. The van der Waals surface area contributed by atoms with Crippen LogP contribution in [0.3, 0.4) is 0 Å². The van der Waals surface area contributed by atoms with Crippen molar-refractivity contribution in [3.63, 3.8) is 0 Å². The van der Waals surface area contributed by atoms with Gasteiger partial charge in [0.05, 0.1) is 11.4 Å². The average Bonchev–Trinajstić information content (AvgIpc) is 2.29. The van der Waals surface area contributed by atoms with Gasteiger partial charge in [-0.1, -0.05) is 6.07 Å². The van der Waals surface area contributed by atoms with Crippen LogP contribution in [0.15, 0.2) is 18.2 Å². The summed E-state index contributed by atoms with van der Waals surface area (Å²) in [5.41, 5.74) is 8.84. The number of likely N-dealkylation sites (tertiary alicyclic amines) is 1. The third-order valence-corrected chi connectivity index (χ3v) is 3.20. The standard InChI is InChI=1S/C13H19N3O/c1-9-3-5-11(14)12(7-9)15-10-4-6-13(17)16(2)8-10/h3,5,7,10,15H,4,6,8,14H2,1-2H3. The lowest BCUT2D eigenvalue weighted by molar-refractivity contribution is -0.132. The van der Waals surface area contributed by atoms with Crippen molar-refractivity contribution in [3.8, 4) is 0 Å². The molecule has 1 aliphatic heterocycles. The van der Waals surface area contributed by atoms with Gasteiger partial charge in [0.1, 0.15) is 0 Å². The normalized spacial score (nSPS) is 20.5. The van der Waals surface area contributed by atoms with Gasteiger partial charge in [-0.15, -0.1) is 0 Å². The molecular formula is C13H19N3O. The average molecular weight is 233 g/mol. The molecule has 1 unspecified atom stereocenters. The Bertz CT molecular complexity index is 431. The van der Waals surface area contributed by atoms with Gasteiger partial charge in [-0.3, -0.25) is 4.79 Å². The fraction of sp³-hybridized carbons (Fsp3) is 0.462. The predicted molar refractivity (Wildman–Crippen MR) is 69.9 cm³/mol. The third kappa shape index (κ3) is 2.70. The molecule has 1 amide bonds. The molecule has 4 nitrogen and oxygen atoms in total. The molecule has 1 fully saturated rings. The number of aryl methyl sites for hydroxylation is 1. The molecule has 0 radical (unpaired) electrons. The van der Waals surface area contributed by atoms with Crippen molar-refractivity contribution >= 4 is 17.3 Å². The highest BCUT2D eigenvalue weighted by Gasteiger charge is 2.22. The minimum atomic E-state index is 0.222. The van der Waals surface area contributed by atoms with Crippen molar-refractivity contribution in [3.05, 3.63) is 23.8 Å². The highest BCUT2D eigenvalue weighted by Crippen LogP contribution is 2.23. The summed E-state index contributed by atoms with van der Waals surface area (Å²) in [5.74, 6) is 0.222. The lowest BCUT2D eigenvalue weighted by Crippen LogP contribution is -2.43. The molecule has 17 heavy (non-hydrogen) atoms. The number of carbonyl (C=O) groups is 1. The molecule has 0 saturated carbocycles. The van der Waals surface area contributed by atoms with Crippen LogP contribution in [0.1, 0.15) is 18.4 Å². The Labute approximate surface area is 102 Å². The molecule has 0 aliphatic carbocycles. The minimum absolute atomic E-state index is 0.222. The first-order valence-electron chi connectivity index (χ1n) is 5.93. The summed E-state index contributed by atoms with van der Waals surface area (Å²) in [7, 11) is 1.84. The first-order valence-corrected chi connectivity index (χ1v) is 5.93. The van der Waals surface area contributed by atoms with E-state index in [2.05, 4.69) is 5.32 Å². The molecule has 1 saturated heterocycles. The second-order valence-electron chi connectivity index (χ2n) is 4.74. The number of carbonyl (C=O) groups excluding carboxylic acids is 1. The zero-order valence-corrected chi connectivity index (χ0v) is 10.4. The molecule has 0 bridgehead atoms. The third-order valence-electron chi connectivity index (χ3n) is 3.20. The fourth-order valence-corrected chi connectivity index (χ4v) is 2.15. The summed E-state index contributed by atoms with van der Waals surface area (Å²) in [6.45, 7) is 2.79. The van der Waals surface area contributed by atoms with Crippen molar-refractivity contribution in [2.45, 2.75) is 25.8 Å². The maximum atomic E-state index is 11.4. The number of benzene rings is 1. The fourth-order valence-electron chi connectivity index (χ4n) is 2.15. The molecule has 0 aromatic heterocycles. The maximum absolute atomic E-state index is 11.4. The van der Waals surface area contributed by atoms with Gasteiger partial charge in [0.25, 0.3) is 0 Å². The predicted octanol–water partition coefficient (Wildman–Crippen LogP) is 1.61. The number of piperidine rings is 1. The van der Waals surface area contributed by atoms with Crippen molar-refractivity contribution in [1.29, 1.82) is 0 Å². The SMILES string of the molecule is Cc1ccc(N)c(NC2CCC(=O)N(C)C2)c1. The van der Waals surface area contributed by atoms with E-state index in [0.717, 1.165) is 24.3 Å². The quantitative estimate of drug-likeness (QED) is 0.763. The molecule has 1 aliphatic rings. The van der Waals surface area contributed by atoms with E-state index in [4.69, 9.17) is 5.73 Å². The highest BCUT2D eigenvalue weighted by molar-refractivity contribution is 5.77. The number of rotatable bonds is 2. The smallest absolute Gasteiger partial charge is 0.222 e. The molecular weight excluding hydrogens is 214 g/mol. The zero-order valence-electron chi connectivity index (χ0n) is 10.4. The van der Waals surface area contributed by atoms with E-state index >= 15 is 0 Å². The van der Waals surface area contributed by atoms with E-state index in [-0.39, 0.29) is 5.91 Å². The van der Waals surface area contributed by atoms with Crippen molar-refractivity contribution < 1.29 is 4.79 Å². The Morgan fingerprint density at radius 1 is 1.47 bits per heavy atom. The molecule has 1 aromatic rings. The Morgan fingerprint density at radius 2 is 2.24 bits per heavy atom. The van der Waals surface area contributed by atoms with Crippen LogP contribution < -0.4 is 11.1 Å². The molecule has 0 spiro atoms. The lowest BCUT2D eigenvalue weighted by atomic mass is 10.0. The highest BCUT2D eigenvalue weighted by atomic mass is 16.2. The number of nitrogens with zero attached hydrogens (tertiary/aromatic N) is 1. The lowest BCUT2D eigenvalue weighted by Gasteiger charge is -2.31. The van der Waals surface area contributed by atoms with Crippen LogP contribution in [0.5, 0.6) is 0 Å². The number of nitrogens with one attached hydrogen (secondary N) is 1. The van der Waals surface area contributed by atoms with Gasteiger partial charge in [-0.25, -0.2) is 0 Å². The Morgan fingerprint density at radius 3 is 2.94 bits per heavy atom. The van der Waals surface area contributed by atoms with E-state index in [9.17, 15) is 4.79 Å². The molecule has 4 heteroatoms.